The zero-order valence-electron chi connectivity index (χ0n) is 15.1. The number of rotatable bonds is 7. The number of nitrogens with zero attached hydrogens (tertiary/aromatic N) is 4. The fourth-order valence-corrected chi connectivity index (χ4v) is 4.39. The zero-order valence-corrected chi connectivity index (χ0v) is 16.0. The molecule has 4 atom stereocenters. The molecular weight excluding hydrogens is 375 g/mol. The van der Waals surface area contributed by atoms with Crippen LogP contribution in [0.3, 0.4) is 0 Å². The second kappa shape index (κ2) is 7.89. The second-order valence-corrected chi connectivity index (χ2v) is 8.16. The van der Waals surface area contributed by atoms with Gasteiger partial charge in [0.15, 0.2) is 11.5 Å². The molecular formula is C15H23N6O5P. The summed E-state index contributed by atoms with van der Waals surface area (Å²) in [5, 5.41) is 2.27. The minimum atomic E-state index is -4.10. The predicted octanol–water partition coefficient (Wildman–Crippen LogP) is 1.02. The van der Waals surface area contributed by atoms with Gasteiger partial charge in [-0.25, -0.2) is 24.6 Å². The molecule has 0 radical (unpaired) electrons. The number of carbonyl (C=O) groups is 1. The van der Waals surface area contributed by atoms with Gasteiger partial charge in [-0.2, -0.15) is 0 Å². The van der Waals surface area contributed by atoms with Gasteiger partial charge in [0.1, 0.15) is 17.9 Å². The third-order valence-corrected chi connectivity index (χ3v) is 5.90. The van der Waals surface area contributed by atoms with Crippen LogP contribution in [0.4, 0.5) is 5.82 Å². The lowest BCUT2D eigenvalue weighted by atomic mass is 10.1. The molecule has 0 saturated heterocycles. The fraction of sp³-hybridized carbons (Fsp3) is 0.600. The number of fused-ring (bicyclic) bond motifs is 1. The highest BCUT2D eigenvalue weighted by atomic mass is 31.2. The van der Waals surface area contributed by atoms with Crippen molar-refractivity contribution >= 4 is 30.7 Å². The van der Waals surface area contributed by atoms with Crippen molar-refractivity contribution in [3.63, 3.8) is 0 Å². The summed E-state index contributed by atoms with van der Waals surface area (Å²) in [6.07, 6.45) is 5.55. The third-order valence-electron chi connectivity index (χ3n) is 4.69. The summed E-state index contributed by atoms with van der Waals surface area (Å²) in [6, 6.07) is -0.789. The van der Waals surface area contributed by atoms with Crippen LogP contribution in [-0.2, 0) is 18.6 Å². The van der Waals surface area contributed by atoms with E-state index in [1.54, 1.807) is 6.33 Å². The Labute approximate surface area is 155 Å². The van der Waals surface area contributed by atoms with Crippen LogP contribution in [0.1, 0.15) is 32.2 Å². The number of esters is 1. The van der Waals surface area contributed by atoms with E-state index < -0.39 is 19.8 Å². The average molecular weight is 398 g/mol. The van der Waals surface area contributed by atoms with Crippen LogP contribution >= 0.6 is 7.75 Å². The van der Waals surface area contributed by atoms with Gasteiger partial charge in [-0.05, 0) is 32.1 Å². The first kappa shape index (κ1) is 19.7. The van der Waals surface area contributed by atoms with E-state index in [9.17, 15) is 14.3 Å². The SMILES string of the molecule is COC(=O)[C@H](C)NP(=O)(O)OC[C@@H]1CC[C@H](n2cnc3c(N)ncnc32)C1. The lowest BCUT2D eigenvalue weighted by molar-refractivity contribution is -0.142. The molecule has 3 rings (SSSR count). The molecule has 11 nitrogen and oxygen atoms in total. The summed E-state index contributed by atoms with van der Waals surface area (Å²) >= 11 is 0. The Balaban J connectivity index is 1.57. The molecule has 0 aliphatic heterocycles. The van der Waals surface area contributed by atoms with Crippen molar-refractivity contribution in [2.75, 3.05) is 19.5 Å². The van der Waals surface area contributed by atoms with Crippen LogP contribution in [0.15, 0.2) is 12.7 Å². The Hall–Kier alpha value is -2.07. The molecule has 4 N–H and O–H groups in total. The maximum atomic E-state index is 12.1. The van der Waals surface area contributed by atoms with Crippen molar-refractivity contribution in [2.45, 2.75) is 38.3 Å². The van der Waals surface area contributed by atoms with Gasteiger partial charge >= 0.3 is 13.7 Å². The minimum Gasteiger partial charge on any atom is -0.468 e. The second-order valence-electron chi connectivity index (χ2n) is 6.61. The van der Waals surface area contributed by atoms with Gasteiger partial charge in [-0.15, -0.1) is 0 Å². The van der Waals surface area contributed by atoms with Crippen LogP contribution < -0.4 is 10.8 Å². The Morgan fingerprint density at radius 1 is 1.48 bits per heavy atom. The van der Waals surface area contributed by atoms with Crippen LogP contribution in [0.2, 0.25) is 0 Å². The zero-order chi connectivity index (χ0) is 19.6. The van der Waals surface area contributed by atoms with Gasteiger partial charge in [0.25, 0.3) is 0 Å². The number of imidazole rings is 1. The van der Waals surface area contributed by atoms with Crippen molar-refractivity contribution in [2.24, 2.45) is 5.92 Å². The smallest absolute Gasteiger partial charge is 0.403 e. The van der Waals surface area contributed by atoms with Crippen molar-refractivity contribution in [3.05, 3.63) is 12.7 Å². The summed E-state index contributed by atoms with van der Waals surface area (Å²) in [6.45, 7) is 1.54. The van der Waals surface area contributed by atoms with Gasteiger partial charge in [-0.1, -0.05) is 0 Å². The number of hydrogen-bond donors (Lipinski definition) is 3. The van der Waals surface area contributed by atoms with E-state index in [-0.39, 0.29) is 18.6 Å². The summed E-state index contributed by atoms with van der Waals surface area (Å²) < 4.78 is 23.7. The number of nitrogens with one attached hydrogen (secondary N) is 1. The monoisotopic (exact) mass is 398 g/mol. The molecule has 0 spiro atoms. The van der Waals surface area contributed by atoms with Gasteiger partial charge in [0.05, 0.1) is 20.0 Å². The van der Waals surface area contributed by atoms with Crippen molar-refractivity contribution in [3.8, 4) is 0 Å². The molecule has 1 saturated carbocycles. The number of carbonyl (C=O) groups excluding carboxylic acids is 1. The largest absolute Gasteiger partial charge is 0.468 e. The van der Waals surface area contributed by atoms with E-state index in [1.165, 1.54) is 20.4 Å². The predicted molar refractivity (Wildman–Crippen MR) is 96.5 cm³/mol. The first-order valence-corrected chi connectivity index (χ1v) is 10.1. The van der Waals surface area contributed by atoms with E-state index in [1.807, 2.05) is 4.57 Å². The van der Waals surface area contributed by atoms with E-state index in [0.717, 1.165) is 19.3 Å². The number of aromatic nitrogens is 4. The number of hydrogen-bond acceptors (Lipinski definition) is 8. The van der Waals surface area contributed by atoms with Crippen molar-refractivity contribution in [1.82, 2.24) is 24.6 Å². The van der Waals surface area contributed by atoms with Crippen LogP contribution in [-0.4, -0.2) is 50.1 Å². The van der Waals surface area contributed by atoms with E-state index in [4.69, 9.17) is 10.3 Å². The molecule has 1 unspecified atom stereocenters. The van der Waals surface area contributed by atoms with Gasteiger partial charge < -0.3 is 19.9 Å². The quantitative estimate of drug-likeness (QED) is 0.455. The third kappa shape index (κ3) is 4.44. The van der Waals surface area contributed by atoms with E-state index in [2.05, 4.69) is 24.8 Å². The number of anilines is 1. The standard InChI is InChI=1S/C15H23N6O5P/c1-9(15(22)25-2)20-27(23,24)26-6-10-3-4-11(5-10)21-8-19-12-13(16)17-7-18-14(12)21/h7-11H,3-6H2,1-2H3,(H2,16,17,18)(H2,20,23,24)/t9-,10+,11-/m0/s1. The molecule has 12 heteroatoms. The molecule has 2 heterocycles. The summed E-state index contributed by atoms with van der Waals surface area (Å²) in [5.41, 5.74) is 7.06. The Morgan fingerprint density at radius 3 is 3.00 bits per heavy atom. The van der Waals surface area contributed by atoms with Crippen molar-refractivity contribution < 1.29 is 23.5 Å². The highest BCUT2D eigenvalue weighted by Crippen LogP contribution is 2.42. The highest BCUT2D eigenvalue weighted by Gasteiger charge is 2.31. The van der Waals surface area contributed by atoms with Crippen LogP contribution in [0.5, 0.6) is 0 Å². The maximum Gasteiger partial charge on any atom is 0.403 e. The van der Waals surface area contributed by atoms with Gasteiger partial charge in [-0.3, -0.25) is 9.32 Å². The minimum absolute atomic E-state index is 0.0994. The van der Waals surface area contributed by atoms with E-state index in [0.29, 0.717) is 17.0 Å². The summed E-state index contributed by atoms with van der Waals surface area (Å²) in [5.74, 6) is -0.201. The molecule has 2 aromatic heterocycles. The summed E-state index contributed by atoms with van der Waals surface area (Å²) in [7, 11) is -2.89. The number of methoxy groups -OCH3 is 1. The number of nitrogens with two attached hydrogens (primary N) is 1. The number of nitrogen functional groups attached to an aromatic ring is 1. The van der Waals surface area contributed by atoms with Gasteiger partial charge in [0.2, 0.25) is 0 Å². The molecule has 0 bridgehead atoms. The molecule has 27 heavy (non-hydrogen) atoms. The molecule has 148 valence electrons. The van der Waals surface area contributed by atoms with Crippen LogP contribution in [0.25, 0.3) is 11.2 Å². The Kier molecular flexibility index (Phi) is 5.75. The maximum absolute atomic E-state index is 12.1. The molecule has 1 aliphatic carbocycles. The first-order chi connectivity index (χ1) is 12.8. The topological polar surface area (TPSA) is 154 Å². The first-order valence-electron chi connectivity index (χ1n) is 8.56. The highest BCUT2D eigenvalue weighted by molar-refractivity contribution is 7.50. The normalized spacial score (nSPS) is 23.2. The molecule has 0 aromatic carbocycles. The average Bonchev–Trinajstić information content (AvgIpc) is 3.26. The summed E-state index contributed by atoms with van der Waals surface area (Å²) in [4.78, 5) is 33.7. The molecule has 0 amide bonds. The molecule has 2 aromatic rings. The van der Waals surface area contributed by atoms with Gasteiger partial charge in [0, 0.05) is 6.04 Å². The Morgan fingerprint density at radius 2 is 2.26 bits per heavy atom. The fourth-order valence-electron chi connectivity index (χ4n) is 3.31. The Bertz CT molecular complexity index is 873. The van der Waals surface area contributed by atoms with E-state index >= 15 is 0 Å². The molecule has 1 aliphatic rings. The lowest BCUT2D eigenvalue weighted by Gasteiger charge is -2.19. The van der Waals surface area contributed by atoms with Crippen LogP contribution in [0, 0.1) is 5.92 Å². The lowest BCUT2D eigenvalue weighted by Crippen LogP contribution is -2.33. The number of ether oxygens (including phenoxy) is 1. The van der Waals surface area contributed by atoms with Crippen molar-refractivity contribution in [1.29, 1.82) is 0 Å². The molecule has 1 fully saturated rings.